The Balaban J connectivity index is 2.08. The van der Waals surface area contributed by atoms with Crippen LogP contribution >= 0.6 is 0 Å². The van der Waals surface area contributed by atoms with E-state index < -0.39 is 0 Å². The van der Waals surface area contributed by atoms with Crippen LogP contribution in [0.2, 0.25) is 0 Å². The molecule has 2 rings (SSSR count). The zero-order chi connectivity index (χ0) is 15.4. The van der Waals surface area contributed by atoms with Gasteiger partial charge in [-0.1, -0.05) is 12.1 Å². The molecule has 0 fully saturated rings. The monoisotopic (exact) mass is 286 g/mol. The van der Waals surface area contributed by atoms with Crippen molar-refractivity contribution in [2.75, 3.05) is 5.32 Å². The van der Waals surface area contributed by atoms with Crippen LogP contribution in [0, 0.1) is 6.92 Å². The van der Waals surface area contributed by atoms with Crippen molar-refractivity contribution >= 4 is 11.6 Å². The molecule has 0 aliphatic rings. The van der Waals surface area contributed by atoms with Crippen LogP contribution in [0.25, 0.3) is 0 Å². The number of para-hydroxylation sites is 1. The van der Waals surface area contributed by atoms with E-state index in [2.05, 4.69) is 15.7 Å². The number of nitrogens with one attached hydrogen (secondary N) is 2. The highest BCUT2D eigenvalue weighted by Gasteiger charge is 2.12. The molecule has 5 nitrogen and oxygen atoms in total. The quantitative estimate of drug-likeness (QED) is 0.887. The molecule has 21 heavy (non-hydrogen) atoms. The third-order valence-corrected chi connectivity index (χ3v) is 3.39. The van der Waals surface area contributed by atoms with Gasteiger partial charge in [-0.05, 0) is 32.9 Å². The average molecular weight is 286 g/mol. The van der Waals surface area contributed by atoms with Gasteiger partial charge in [-0.25, -0.2) is 0 Å². The number of amides is 1. The van der Waals surface area contributed by atoms with Gasteiger partial charge < -0.3 is 10.6 Å². The Morgan fingerprint density at radius 2 is 2.05 bits per heavy atom. The summed E-state index contributed by atoms with van der Waals surface area (Å²) in [6.07, 6.45) is 1.79. The molecule has 0 bridgehead atoms. The fourth-order valence-electron chi connectivity index (χ4n) is 2.11. The second-order valence-corrected chi connectivity index (χ2v) is 5.41. The maximum Gasteiger partial charge on any atom is 0.253 e. The Kier molecular flexibility index (Phi) is 4.62. The lowest BCUT2D eigenvalue weighted by Gasteiger charge is -2.14. The van der Waals surface area contributed by atoms with Crippen molar-refractivity contribution in [3.63, 3.8) is 0 Å². The standard InChI is InChI=1S/C16H22N4O/c1-11(2)19-15-8-6-5-7-14(15)16(21)17-9-13-10-18-20(4)12(13)3/h5-8,10-11,19H,9H2,1-4H3,(H,17,21). The lowest BCUT2D eigenvalue weighted by molar-refractivity contribution is 0.0951. The number of anilines is 1. The van der Waals surface area contributed by atoms with E-state index >= 15 is 0 Å². The van der Waals surface area contributed by atoms with Crippen LogP contribution in [-0.2, 0) is 13.6 Å². The first-order valence-corrected chi connectivity index (χ1v) is 7.10. The number of carbonyl (C=O) groups is 1. The van der Waals surface area contributed by atoms with Gasteiger partial charge in [-0.15, -0.1) is 0 Å². The molecule has 1 aromatic carbocycles. The smallest absolute Gasteiger partial charge is 0.253 e. The van der Waals surface area contributed by atoms with Gasteiger partial charge in [-0.2, -0.15) is 5.10 Å². The summed E-state index contributed by atoms with van der Waals surface area (Å²) in [7, 11) is 1.89. The van der Waals surface area contributed by atoms with E-state index in [1.165, 1.54) is 0 Å². The third kappa shape index (κ3) is 3.62. The Morgan fingerprint density at radius 3 is 2.67 bits per heavy atom. The molecule has 0 aliphatic carbocycles. The molecule has 1 aromatic heterocycles. The van der Waals surface area contributed by atoms with Crippen LogP contribution in [0.4, 0.5) is 5.69 Å². The van der Waals surface area contributed by atoms with Crippen LogP contribution in [-0.4, -0.2) is 21.7 Å². The predicted molar refractivity (Wildman–Crippen MR) is 84.3 cm³/mol. The number of hydrogen-bond acceptors (Lipinski definition) is 3. The van der Waals surface area contributed by atoms with E-state index in [1.54, 1.807) is 10.9 Å². The first-order valence-electron chi connectivity index (χ1n) is 7.10. The summed E-state index contributed by atoms with van der Waals surface area (Å²) in [5, 5.41) is 10.4. The van der Waals surface area contributed by atoms with Crippen molar-refractivity contribution in [1.82, 2.24) is 15.1 Å². The highest BCUT2D eigenvalue weighted by Crippen LogP contribution is 2.16. The molecule has 2 aromatic rings. The van der Waals surface area contributed by atoms with E-state index in [1.807, 2.05) is 52.1 Å². The first-order chi connectivity index (χ1) is 9.99. The van der Waals surface area contributed by atoms with E-state index in [0.29, 0.717) is 12.1 Å². The Labute approximate surface area is 125 Å². The lowest BCUT2D eigenvalue weighted by Crippen LogP contribution is -2.25. The highest BCUT2D eigenvalue weighted by molar-refractivity contribution is 5.99. The molecule has 0 saturated heterocycles. The highest BCUT2D eigenvalue weighted by atomic mass is 16.1. The van der Waals surface area contributed by atoms with Gasteiger partial charge in [0.25, 0.3) is 5.91 Å². The van der Waals surface area contributed by atoms with Crippen molar-refractivity contribution in [2.45, 2.75) is 33.4 Å². The minimum atomic E-state index is -0.0815. The zero-order valence-corrected chi connectivity index (χ0v) is 13.0. The zero-order valence-electron chi connectivity index (χ0n) is 13.0. The van der Waals surface area contributed by atoms with E-state index in [0.717, 1.165) is 16.9 Å². The second kappa shape index (κ2) is 6.43. The van der Waals surface area contributed by atoms with Gasteiger partial charge in [0.05, 0.1) is 11.8 Å². The summed E-state index contributed by atoms with van der Waals surface area (Å²) in [4.78, 5) is 12.4. The second-order valence-electron chi connectivity index (χ2n) is 5.41. The van der Waals surface area contributed by atoms with Crippen LogP contribution in [0.3, 0.4) is 0 Å². The lowest BCUT2D eigenvalue weighted by atomic mass is 10.1. The normalized spacial score (nSPS) is 10.7. The maximum absolute atomic E-state index is 12.4. The molecule has 0 radical (unpaired) electrons. The number of nitrogens with zero attached hydrogens (tertiary/aromatic N) is 2. The van der Waals surface area contributed by atoms with Gasteiger partial charge in [-0.3, -0.25) is 9.48 Å². The number of benzene rings is 1. The number of aromatic nitrogens is 2. The van der Waals surface area contributed by atoms with Gasteiger partial charge >= 0.3 is 0 Å². The minimum absolute atomic E-state index is 0.0815. The van der Waals surface area contributed by atoms with Crippen LogP contribution in [0.5, 0.6) is 0 Å². The van der Waals surface area contributed by atoms with Crippen LogP contribution < -0.4 is 10.6 Å². The van der Waals surface area contributed by atoms with E-state index in [9.17, 15) is 4.79 Å². The van der Waals surface area contributed by atoms with Gasteiger partial charge in [0, 0.05) is 36.6 Å². The fourth-order valence-corrected chi connectivity index (χ4v) is 2.11. The van der Waals surface area contributed by atoms with Crippen molar-refractivity contribution in [1.29, 1.82) is 0 Å². The summed E-state index contributed by atoms with van der Waals surface area (Å²) in [6, 6.07) is 7.82. The maximum atomic E-state index is 12.4. The predicted octanol–water partition coefficient (Wildman–Crippen LogP) is 2.48. The topological polar surface area (TPSA) is 59.0 Å². The van der Waals surface area contributed by atoms with Gasteiger partial charge in [0.15, 0.2) is 0 Å². The molecule has 0 saturated carbocycles. The minimum Gasteiger partial charge on any atom is -0.382 e. The van der Waals surface area contributed by atoms with Crippen LogP contribution in [0.1, 0.15) is 35.5 Å². The SMILES string of the molecule is Cc1c(CNC(=O)c2ccccc2NC(C)C)cnn1C. The molecule has 0 atom stereocenters. The number of aryl methyl sites for hydroxylation is 1. The van der Waals surface area contributed by atoms with Gasteiger partial charge in [0.2, 0.25) is 0 Å². The summed E-state index contributed by atoms with van der Waals surface area (Å²) in [5.41, 5.74) is 3.60. The van der Waals surface area contributed by atoms with E-state index in [4.69, 9.17) is 0 Å². The van der Waals surface area contributed by atoms with Gasteiger partial charge in [0.1, 0.15) is 0 Å². The molecule has 1 amide bonds. The summed E-state index contributed by atoms with van der Waals surface area (Å²) < 4.78 is 1.80. The Bertz CT molecular complexity index is 631. The summed E-state index contributed by atoms with van der Waals surface area (Å²) >= 11 is 0. The molecule has 0 spiro atoms. The molecular weight excluding hydrogens is 264 g/mol. The molecular formula is C16H22N4O. The molecule has 0 aliphatic heterocycles. The van der Waals surface area contributed by atoms with E-state index in [-0.39, 0.29) is 11.9 Å². The molecule has 0 unspecified atom stereocenters. The summed E-state index contributed by atoms with van der Waals surface area (Å²) in [5.74, 6) is -0.0815. The molecule has 112 valence electrons. The third-order valence-electron chi connectivity index (χ3n) is 3.39. The Morgan fingerprint density at radius 1 is 1.33 bits per heavy atom. The molecule has 2 N–H and O–H groups in total. The van der Waals surface area contributed by atoms with Crippen molar-refractivity contribution in [3.8, 4) is 0 Å². The van der Waals surface area contributed by atoms with Crippen molar-refractivity contribution in [2.24, 2.45) is 7.05 Å². The number of hydrogen-bond donors (Lipinski definition) is 2. The summed E-state index contributed by atoms with van der Waals surface area (Å²) in [6.45, 7) is 6.57. The first kappa shape index (κ1) is 15.1. The largest absolute Gasteiger partial charge is 0.382 e. The fraction of sp³-hybridized carbons (Fsp3) is 0.375. The molecule has 1 heterocycles. The average Bonchev–Trinajstić information content (AvgIpc) is 2.76. The van der Waals surface area contributed by atoms with Crippen LogP contribution in [0.15, 0.2) is 30.5 Å². The molecule has 5 heteroatoms. The number of carbonyl (C=O) groups excluding carboxylic acids is 1. The number of rotatable bonds is 5. The Hall–Kier alpha value is -2.30. The van der Waals surface area contributed by atoms with Crippen molar-refractivity contribution in [3.05, 3.63) is 47.3 Å². The van der Waals surface area contributed by atoms with Crippen molar-refractivity contribution < 1.29 is 4.79 Å².